The average Bonchev–Trinajstić information content (AvgIpc) is 2.45. The normalized spacial score (nSPS) is 26.1. The second-order valence-electron chi connectivity index (χ2n) is 4.63. The van der Waals surface area contributed by atoms with E-state index in [2.05, 4.69) is 5.32 Å². The maximum absolute atomic E-state index is 11.6. The Hall–Kier alpha value is -0.610. The van der Waals surface area contributed by atoms with Crippen LogP contribution in [-0.4, -0.2) is 29.7 Å². The molecule has 4 heteroatoms. The summed E-state index contributed by atoms with van der Waals surface area (Å²) >= 11 is 0. The van der Waals surface area contributed by atoms with E-state index in [0.29, 0.717) is 13.0 Å². The maximum Gasteiger partial charge on any atom is 0.220 e. The van der Waals surface area contributed by atoms with Gasteiger partial charge >= 0.3 is 0 Å². The molecule has 94 valence electrons. The summed E-state index contributed by atoms with van der Waals surface area (Å²) in [6.45, 7) is 0.638. The molecule has 4 N–H and O–H groups in total. The lowest BCUT2D eigenvalue weighted by Crippen LogP contribution is -2.42. The largest absolute Gasteiger partial charge is 0.391 e. The first-order chi connectivity index (χ1) is 7.74. The monoisotopic (exact) mass is 228 g/mol. The van der Waals surface area contributed by atoms with Gasteiger partial charge in [-0.2, -0.15) is 0 Å². The number of aliphatic hydroxyl groups excluding tert-OH is 1. The minimum Gasteiger partial charge on any atom is -0.391 e. The number of nitrogens with two attached hydrogens (primary N) is 1. The molecule has 0 saturated heterocycles. The lowest BCUT2D eigenvalue weighted by molar-refractivity contribution is -0.122. The Balaban J connectivity index is 2.25. The number of amides is 1. The summed E-state index contributed by atoms with van der Waals surface area (Å²) in [6.07, 6.45) is 6.95. The number of rotatable bonds is 5. The minimum absolute atomic E-state index is 0.0344. The van der Waals surface area contributed by atoms with E-state index >= 15 is 0 Å². The first-order valence-electron chi connectivity index (χ1n) is 6.41. The van der Waals surface area contributed by atoms with Crippen molar-refractivity contribution < 1.29 is 9.90 Å². The lowest BCUT2D eigenvalue weighted by atomic mass is 10.1. The van der Waals surface area contributed by atoms with E-state index in [0.717, 1.165) is 44.9 Å². The van der Waals surface area contributed by atoms with Gasteiger partial charge in [0.15, 0.2) is 0 Å². The number of carbonyl (C=O) groups is 1. The molecule has 1 saturated carbocycles. The highest BCUT2D eigenvalue weighted by Gasteiger charge is 2.22. The van der Waals surface area contributed by atoms with Crippen LogP contribution in [0.2, 0.25) is 0 Å². The van der Waals surface area contributed by atoms with E-state index < -0.39 is 0 Å². The molecule has 0 heterocycles. The zero-order chi connectivity index (χ0) is 11.8. The van der Waals surface area contributed by atoms with Gasteiger partial charge in [-0.25, -0.2) is 0 Å². The molecule has 0 bridgehead atoms. The molecule has 0 aliphatic heterocycles. The second kappa shape index (κ2) is 7.63. The van der Waals surface area contributed by atoms with Crippen molar-refractivity contribution in [3.63, 3.8) is 0 Å². The molecule has 1 rings (SSSR count). The van der Waals surface area contributed by atoms with Gasteiger partial charge in [-0.15, -0.1) is 0 Å². The number of hydrogen-bond acceptors (Lipinski definition) is 3. The van der Waals surface area contributed by atoms with Gasteiger partial charge in [-0.3, -0.25) is 4.79 Å². The smallest absolute Gasteiger partial charge is 0.220 e. The van der Waals surface area contributed by atoms with Crippen LogP contribution in [0.5, 0.6) is 0 Å². The van der Waals surface area contributed by atoms with Crippen LogP contribution in [0.1, 0.15) is 51.4 Å². The summed E-state index contributed by atoms with van der Waals surface area (Å²) in [6, 6.07) is -0.0344. The molecule has 1 aliphatic carbocycles. The van der Waals surface area contributed by atoms with Gasteiger partial charge in [-0.1, -0.05) is 19.3 Å². The van der Waals surface area contributed by atoms with Crippen molar-refractivity contribution in [1.29, 1.82) is 0 Å². The average molecular weight is 228 g/mol. The van der Waals surface area contributed by atoms with Crippen LogP contribution in [0.3, 0.4) is 0 Å². The van der Waals surface area contributed by atoms with Crippen LogP contribution in [0, 0.1) is 0 Å². The van der Waals surface area contributed by atoms with Crippen molar-refractivity contribution in [2.75, 3.05) is 6.54 Å². The van der Waals surface area contributed by atoms with Crippen molar-refractivity contribution in [2.45, 2.75) is 63.5 Å². The Morgan fingerprint density at radius 1 is 1.25 bits per heavy atom. The lowest BCUT2D eigenvalue weighted by Gasteiger charge is -2.21. The maximum atomic E-state index is 11.6. The molecule has 0 radical (unpaired) electrons. The Morgan fingerprint density at radius 2 is 2.00 bits per heavy atom. The minimum atomic E-state index is -0.360. The molecule has 0 aromatic heterocycles. The van der Waals surface area contributed by atoms with E-state index in [4.69, 9.17) is 5.73 Å². The molecule has 16 heavy (non-hydrogen) atoms. The Bertz CT molecular complexity index is 209. The number of hydrogen-bond donors (Lipinski definition) is 3. The van der Waals surface area contributed by atoms with Crippen molar-refractivity contribution in [2.24, 2.45) is 5.73 Å². The van der Waals surface area contributed by atoms with Gasteiger partial charge in [0.25, 0.3) is 0 Å². The predicted octanol–water partition coefficient (Wildman–Crippen LogP) is 0.925. The molecule has 1 aliphatic rings. The fourth-order valence-electron chi connectivity index (χ4n) is 2.17. The van der Waals surface area contributed by atoms with Gasteiger partial charge < -0.3 is 16.2 Å². The molecule has 4 nitrogen and oxygen atoms in total. The molecule has 2 atom stereocenters. The highest BCUT2D eigenvalue weighted by atomic mass is 16.3. The van der Waals surface area contributed by atoms with Gasteiger partial charge in [0, 0.05) is 6.42 Å². The van der Waals surface area contributed by atoms with Crippen LogP contribution in [0.4, 0.5) is 0 Å². The van der Waals surface area contributed by atoms with Crippen molar-refractivity contribution >= 4 is 5.91 Å². The van der Waals surface area contributed by atoms with E-state index in [-0.39, 0.29) is 18.1 Å². The summed E-state index contributed by atoms with van der Waals surface area (Å²) in [5.74, 6) is 0.0550. The van der Waals surface area contributed by atoms with Crippen molar-refractivity contribution in [3.8, 4) is 0 Å². The highest BCUT2D eigenvalue weighted by molar-refractivity contribution is 5.76. The van der Waals surface area contributed by atoms with Crippen LogP contribution in [0.15, 0.2) is 0 Å². The number of carbonyl (C=O) groups excluding carboxylic acids is 1. The van der Waals surface area contributed by atoms with E-state index in [9.17, 15) is 9.90 Å². The van der Waals surface area contributed by atoms with Crippen LogP contribution >= 0.6 is 0 Å². The van der Waals surface area contributed by atoms with Gasteiger partial charge in [0.1, 0.15) is 0 Å². The molecule has 0 aromatic carbocycles. The summed E-state index contributed by atoms with van der Waals surface area (Å²) < 4.78 is 0. The molecular weight excluding hydrogens is 204 g/mol. The van der Waals surface area contributed by atoms with Crippen LogP contribution < -0.4 is 11.1 Å². The summed E-state index contributed by atoms with van der Waals surface area (Å²) in [5, 5.41) is 12.8. The highest BCUT2D eigenvalue weighted by Crippen LogP contribution is 2.18. The fourth-order valence-corrected chi connectivity index (χ4v) is 2.17. The summed E-state index contributed by atoms with van der Waals surface area (Å²) in [7, 11) is 0. The standard InChI is InChI=1S/C12H24N2O2/c13-9-5-4-8-12(16)14-10-6-2-1-3-7-11(10)15/h10-11,15H,1-9,13H2,(H,14,16). The van der Waals surface area contributed by atoms with Crippen LogP contribution in [0.25, 0.3) is 0 Å². The molecule has 0 aromatic rings. The van der Waals surface area contributed by atoms with Crippen molar-refractivity contribution in [1.82, 2.24) is 5.32 Å². The predicted molar refractivity (Wildman–Crippen MR) is 63.9 cm³/mol. The third kappa shape index (κ3) is 4.94. The summed E-state index contributed by atoms with van der Waals surface area (Å²) in [4.78, 5) is 11.6. The van der Waals surface area contributed by atoms with Crippen LogP contribution in [-0.2, 0) is 4.79 Å². The third-order valence-electron chi connectivity index (χ3n) is 3.18. The molecule has 1 fully saturated rings. The van der Waals surface area contributed by atoms with Gasteiger partial charge in [0.05, 0.1) is 12.1 Å². The molecule has 1 amide bonds. The SMILES string of the molecule is NCCCCC(=O)NC1CCCCCC1O. The Kier molecular flexibility index (Phi) is 6.42. The second-order valence-corrected chi connectivity index (χ2v) is 4.63. The zero-order valence-corrected chi connectivity index (χ0v) is 9.95. The van der Waals surface area contributed by atoms with Gasteiger partial charge in [0.2, 0.25) is 5.91 Å². The molecular formula is C12H24N2O2. The fraction of sp³-hybridized carbons (Fsp3) is 0.917. The Morgan fingerprint density at radius 3 is 2.75 bits per heavy atom. The first-order valence-corrected chi connectivity index (χ1v) is 6.41. The number of unbranched alkanes of at least 4 members (excludes halogenated alkanes) is 1. The van der Waals surface area contributed by atoms with E-state index in [1.54, 1.807) is 0 Å². The number of aliphatic hydroxyl groups is 1. The molecule has 0 spiro atoms. The van der Waals surface area contributed by atoms with E-state index in [1.807, 2.05) is 0 Å². The van der Waals surface area contributed by atoms with Gasteiger partial charge in [-0.05, 0) is 32.2 Å². The number of nitrogens with one attached hydrogen (secondary N) is 1. The third-order valence-corrected chi connectivity index (χ3v) is 3.18. The first kappa shape index (κ1) is 13.5. The molecule has 2 unspecified atom stereocenters. The quantitative estimate of drug-likeness (QED) is 0.484. The Labute approximate surface area is 97.6 Å². The van der Waals surface area contributed by atoms with E-state index in [1.165, 1.54) is 0 Å². The van der Waals surface area contributed by atoms with Crippen molar-refractivity contribution in [3.05, 3.63) is 0 Å². The zero-order valence-electron chi connectivity index (χ0n) is 9.95. The topological polar surface area (TPSA) is 75.4 Å². The summed E-state index contributed by atoms with van der Waals surface area (Å²) in [5.41, 5.74) is 5.37.